The summed E-state index contributed by atoms with van der Waals surface area (Å²) in [4.78, 5) is 2.62. The van der Waals surface area contributed by atoms with Crippen LogP contribution in [0.4, 0.5) is 0 Å². The van der Waals surface area contributed by atoms with E-state index in [-0.39, 0.29) is 17.3 Å². The zero-order valence-electron chi connectivity index (χ0n) is 12.8. The first kappa shape index (κ1) is 15.1. The van der Waals surface area contributed by atoms with Gasteiger partial charge in [0.2, 0.25) is 0 Å². The summed E-state index contributed by atoms with van der Waals surface area (Å²) in [5.74, 6) is 2.43. The summed E-state index contributed by atoms with van der Waals surface area (Å²) in [5, 5.41) is 0. The standard InChI is InChI=1S/C15H28N2O2S/c1-14(2)10-17(9-13(8-16)19-14)12-3-5-18-15(7-12)4-6-20-11-15/h12-13H,3-11,16H2,1-2H3. The van der Waals surface area contributed by atoms with Crippen LogP contribution in [0.3, 0.4) is 0 Å². The lowest BCUT2D eigenvalue weighted by Gasteiger charge is -2.49. The van der Waals surface area contributed by atoms with E-state index >= 15 is 0 Å². The molecule has 3 aliphatic rings. The first-order valence-corrected chi connectivity index (χ1v) is 9.01. The quantitative estimate of drug-likeness (QED) is 0.837. The molecule has 3 unspecified atom stereocenters. The van der Waals surface area contributed by atoms with Crippen LogP contribution in [0, 0.1) is 0 Å². The number of ether oxygens (including phenoxy) is 2. The number of nitrogens with zero attached hydrogens (tertiary/aromatic N) is 1. The SMILES string of the molecule is CC1(C)CN(C2CCOC3(CCSC3)C2)CC(CN)O1. The smallest absolute Gasteiger partial charge is 0.0831 e. The highest BCUT2D eigenvalue weighted by Crippen LogP contribution is 2.40. The van der Waals surface area contributed by atoms with Crippen LogP contribution in [-0.4, -0.2) is 66.0 Å². The normalized spacial score (nSPS) is 42.1. The summed E-state index contributed by atoms with van der Waals surface area (Å²) in [6, 6.07) is 0.639. The van der Waals surface area contributed by atoms with Crippen molar-refractivity contribution in [1.29, 1.82) is 0 Å². The van der Waals surface area contributed by atoms with Crippen molar-refractivity contribution in [3.63, 3.8) is 0 Å². The first-order chi connectivity index (χ1) is 9.52. The Bertz CT molecular complexity index is 345. The van der Waals surface area contributed by atoms with Crippen molar-refractivity contribution in [1.82, 2.24) is 4.90 Å². The van der Waals surface area contributed by atoms with Gasteiger partial charge in [-0.1, -0.05) is 0 Å². The molecule has 0 aromatic rings. The maximum Gasteiger partial charge on any atom is 0.0831 e. The summed E-state index contributed by atoms with van der Waals surface area (Å²) in [6.45, 7) is 7.89. The van der Waals surface area contributed by atoms with E-state index in [4.69, 9.17) is 15.2 Å². The van der Waals surface area contributed by atoms with Crippen LogP contribution >= 0.6 is 11.8 Å². The Balaban J connectivity index is 1.68. The van der Waals surface area contributed by atoms with Gasteiger partial charge in [-0.15, -0.1) is 0 Å². The van der Waals surface area contributed by atoms with Gasteiger partial charge in [0.15, 0.2) is 0 Å². The monoisotopic (exact) mass is 300 g/mol. The third-order valence-corrected chi connectivity index (χ3v) is 6.04. The molecule has 0 saturated carbocycles. The zero-order valence-corrected chi connectivity index (χ0v) is 13.6. The molecule has 3 fully saturated rings. The Labute approximate surface area is 126 Å². The fraction of sp³-hybridized carbons (Fsp3) is 1.00. The fourth-order valence-electron chi connectivity index (χ4n) is 3.92. The van der Waals surface area contributed by atoms with Crippen molar-refractivity contribution in [2.75, 3.05) is 37.7 Å². The molecule has 20 heavy (non-hydrogen) atoms. The number of hydrogen-bond acceptors (Lipinski definition) is 5. The van der Waals surface area contributed by atoms with Crippen LogP contribution in [0.15, 0.2) is 0 Å². The Morgan fingerprint density at radius 2 is 2.25 bits per heavy atom. The number of hydrogen-bond donors (Lipinski definition) is 1. The second-order valence-corrected chi connectivity index (χ2v) is 8.25. The maximum absolute atomic E-state index is 6.15. The van der Waals surface area contributed by atoms with E-state index in [0.717, 1.165) is 26.1 Å². The largest absolute Gasteiger partial charge is 0.374 e. The van der Waals surface area contributed by atoms with E-state index in [1.807, 2.05) is 11.8 Å². The summed E-state index contributed by atoms with van der Waals surface area (Å²) >= 11 is 2.04. The molecule has 0 radical (unpaired) electrons. The molecular formula is C15H28N2O2S. The van der Waals surface area contributed by atoms with Gasteiger partial charge in [-0.25, -0.2) is 0 Å². The van der Waals surface area contributed by atoms with Crippen molar-refractivity contribution in [2.24, 2.45) is 5.73 Å². The molecule has 3 atom stereocenters. The van der Waals surface area contributed by atoms with Crippen molar-refractivity contribution in [3.05, 3.63) is 0 Å². The van der Waals surface area contributed by atoms with Gasteiger partial charge in [-0.2, -0.15) is 11.8 Å². The molecule has 5 heteroatoms. The predicted octanol–water partition coefficient (Wildman–Crippen LogP) is 1.48. The van der Waals surface area contributed by atoms with E-state index in [1.54, 1.807) is 0 Å². The lowest BCUT2D eigenvalue weighted by atomic mass is 9.88. The highest BCUT2D eigenvalue weighted by Gasteiger charge is 2.44. The molecule has 0 aromatic heterocycles. The lowest BCUT2D eigenvalue weighted by molar-refractivity contribution is -0.161. The third kappa shape index (κ3) is 3.17. The van der Waals surface area contributed by atoms with Crippen LogP contribution in [0.5, 0.6) is 0 Å². The van der Waals surface area contributed by atoms with Crippen LogP contribution in [0.2, 0.25) is 0 Å². The highest BCUT2D eigenvalue weighted by atomic mass is 32.2. The van der Waals surface area contributed by atoms with E-state index in [1.165, 1.54) is 24.3 Å². The van der Waals surface area contributed by atoms with Gasteiger partial charge >= 0.3 is 0 Å². The Hall–Kier alpha value is 0.190. The van der Waals surface area contributed by atoms with Gasteiger partial charge in [0.05, 0.1) is 17.3 Å². The molecule has 3 rings (SSSR count). The molecule has 2 N–H and O–H groups in total. The van der Waals surface area contributed by atoms with Crippen molar-refractivity contribution in [3.8, 4) is 0 Å². The minimum absolute atomic E-state index is 0.0851. The number of morpholine rings is 1. The van der Waals surface area contributed by atoms with E-state index in [9.17, 15) is 0 Å². The molecule has 0 aliphatic carbocycles. The maximum atomic E-state index is 6.15. The fourth-order valence-corrected chi connectivity index (χ4v) is 5.30. The van der Waals surface area contributed by atoms with Crippen LogP contribution in [-0.2, 0) is 9.47 Å². The van der Waals surface area contributed by atoms with Crippen LogP contribution < -0.4 is 5.73 Å². The average Bonchev–Trinajstić information content (AvgIpc) is 2.85. The van der Waals surface area contributed by atoms with Crippen LogP contribution in [0.1, 0.15) is 33.1 Å². The van der Waals surface area contributed by atoms with Gasteiger partial charge in [0, 0.05) is 38.0 Å². The molecule has 1 spiro atoms. The molecule has 116 valence electrons. The molecule has 0 aromatic carbocycles. The summed E-state index contributed by atoms with van der Waals surface area (Å²) < 4.78 is 12.2. The lowest BCUT2D eigenvalue weighted by Crippen LogP contribution is -2.60. The van der Waals surface area contributed by atoms with Gasteiger partial charge < -0.3 is 15.2 Å². The molecule has 0 bridgehead atoms. The number of thioether (sulfide) groups is 1. The van der Waals surface area contributed by atoms with Gasteiger partial charge in [-0.05, 0) is 38.9 Å². The second-order valence-electron chi connectivity index (χ2n) is 7.15. The predicted molar refractivity (Wildman–Crippen MR) is 83.2 cm³/mol. The molecule has 3 saturated heterocycles. The highest BCUT2D eigenvalue weighted by molar-refractivity contribution is 7.99. The Morgan fingerprint density at radius 1 is 1.40 bits per heavy atom. The zero-order chi connectivity index (χ0) is 14.2. The van der Waals surface area contributed by atoms with Gasteiger partial charge in [-0.3, -0.25) is 4.90 Å². The van der Waals surface area contributed by atoms with Crippen LogP contribution in [0.25, 0.3) is 0 Å². The van der Waals surface area contributed by atoms with Gasteiger partial charge in [0.1, 0.15) is 0 Å². The van der Waals surface area contributed by atoms with Crippen molar-refractivity contribution in [2.45, 2.75) is 56.5 Å². The van der Waals surface area contributed by atoms with Crippen molar-refractivity contribution >= 4 is 11.8 Å². The number of rotatable bonds is 2. The Morgan fingerprint density at radius 3 is 2.95 bits per heavy atom. The topological polar surface area (TPSA) is 47.7 Å². The Kier molecular flexibility index (Phi) is 4.35. The minimum atomic E-state index is -0.0851. The molecule has 4 nitrogen and oxygen atoms in total. The van der Waals surface area contributed by atoms with E-state index in [0.29, 0.717) is 12.6 Å². The van der Waals surface area contributed by atoms with Crippen molar-refractivity contribution < 1.29 is 9.47 Å². The van der Waals surface area contributed by atoms with E-state index in [2.05, 4.69) is 18.7 Å². The van der Waals surface area contributed by atoms with E-state index < -0.39 is 0 Å². The second kappa shape index (κ2) is 5.76. The first-order valence-electron chi connectivity index (χ1n) is 7.86. The molecule has 3 heterocycles. The van der Waals surface area contributed by atoms with Gasteiger partial charge in [0.25, 0.3) is 0 Å². The average molecular weight is 300 g/mol. The molecule has 0 amide bonds. The third-order valence-electron chi connectivity index (χ3n) is 4.82. The summed E-state index contributed by atoms with van der Waals surface area (Å²) in [7, 11) is 0. The number of nitrogens with two attached hydrogens (primary N) is 1. The molecule has 3 aliphatic heterocycles. The summed E-state index contributed by atoms with van der Waals surface area (Å²) in [5.41, 5.74) is 5.93. The molecular weight excluding hydrogens is 272 g/mol. The minimum Gasteiger partial charge on any atom is -0.374 e. The summed E-state index contributed by atoms with van der Waals surface area (Å²) in [6.07, 6.45) is 3.74.